The fraction of sp³-hybridized carbons (Fsp3) is 0.933. The summed E-state index contributed by atoms with van der Waals surface area (Å²) >= 11 is 0. The SMILES string of the molecule is CCCCCCCCCCCCCC(=O)OC(CCCCCCCCCCC)CC(=O)NCCO. The lowest BCUT2D eigenvalue weighted by Crippen LogP contribution is -2.31. The Bertz CT molecular complexity index is 469. The van der Waals surface area contributed by atoms with Gasteiger partial charge in [-0.25, -0.2) is 0 Å². The molecule has 0 aliphatic rings. The molecule has 0 aliphatic carbocycles. The highest BCUT2D eigenvalue weighted by molar-refractivity contribution is 5.77. The normalized spacial score (nSPS) is 12.0. The second kappa shape index (κ2) is 27.5. The summed E-state index contributed by atoms with van der Waals surface area (Å²) in [6.07, 6.45) is 26.0. The first kappa shape index (κ1) is 33.9. The molecule has 1 amide bonds. The molecule has 5 nitrogen and oxygen atoms in total. The van der Waals surface area contributed by atoms with Crippen molar-refractivity contribution in [1.29, 1.82) is 0 Å². The average molecular weight is 498 g/mol. The first-order valence-electron chi connectivity index (χ1n) is 15.2. The maximum Gasteiger partial charge on any atom is 0.306 e. The number of nitrogens with one attached hydrogen (secondary N) is 1. The summed E-state index contributed by atoms with van der Waals surface area (Å²) in [7, 11) is 0. The highest BCUT2D eigenvalue weighted by atomic mass is 16.5. The Kier molecular flexibility index (Phi) is 26.6. The van der Waals surface area contributed by atoms with Gasteiger partial charge in [0.15, 0.2) is 0 Å². The molecule has 2 N–H and O–H groups in total. The van der Waals surface area contributed by atoms with Crippen LogP contribution in [0, 0.1) is 0 Å². The van der Waals surface area contributed by atoms with Crippen molar-refractivity contribution >= 4 is 11.9 Å². The van der Waals surface area contributed by atoms with Crippen molar-refractivity contribution in [3.63, 3.8) is 0 Å². The van der Waals surface area contributed by atoms with Gasteiger partial charge in [0.1, 0.15) is 6.10 Å². The lowest BCUT2D eigenvalue weighted by Gasteiger charge is -2.18. The van der Waals surface area contributed by atoms with Gasteiger partial charge in [-0.05, 0) is 19.3 Å². The van der Waals surface area contributed by atoms with E-state index in [4.69, 9.17) is 9.84 Å². The minimum atomic E-state index is -0.349. The first-order valence-corrected chi connectivity index (χ1v) is 15.2. The molecule has 0 aromatic carbocycles. The van der Waals surface area contributed by atoms with Gasteiger partial charge in [-0.1, -0.05) is 129 Å². The largest absolute Gasteiger partial charge is 0.462 e. The number of esters is 1. The van der Waals surface area contributed by atoms with Crippen molar-refractivity contribution in [1.82, 2.24) is 5.32 Å². The molecule has 0 heterocycles. The molecule has 0 spiro atoms. The molecule has 0 saturated carbocycles. The van der Waals surface area contributed by atoms with Crippen LogP contribution in [0.2, 0.25) is 0 Å². The maximum atomic E-state index is 12.4. The number of aliphatic hydroxyl groups excluding tert-OH is 1. The fourth-order valence-electron chi connectivity index (χ4n) is 4.54. The van der Waals surface area contributed by atoms with Crippen molar-refractivity contribution < 1.29 is 19.4 Å². The van der Waals surface area contributed by atoms with Gasteiger partial charge in [0, 0.05) is 13.0 Å². The molecule has 0 aromatic heterocycles. The van der Waals surface area contributed by atoms with Crippen LogP contribution in [0.15, 0.2) is 0 Å². The molecule has 0 aromatic rings. The van der Waals surface area contributed by atoms with E-state index in [1.165, 1.54) is 103 Å². The quantitative estimate of drug-likeness (QED) is 0.0890. The Morgan fingerprint density at radius 2 is 1.09 bits per heavy atom. The highest BCUT2D eigenvalue weighted by Gasteiger charge is 2.18. The van der Waals surface area contributed by atoms with Crippen LogP contribution in [-0.2, 0) is 14.3 Å². The second-order valence-corrected chi connectivity index (χ2v) is 10.3. The van der Waals surface area contributed by atoms with Gasteiger partial charge >= 0.3 is 5.97 Å². The highest BCUT2D eigenvalue weighted by Crippen LogP contribution is 2.16. The van der Waals surface area contributed by atoms with E-state index in [0.29, 0.717) is 6.42 Å². The van der Waals surface area contributed by atoms with Crippen LogP contribution in [0.1, 0.15) is 162 Å². The van der Waals surface area contributed by atoms with Crippen LogP contribution < -0.4 is 5.32 Å². The van der Waals surface area contributed by atoms with Gasteiger partial charge in [0.25, 0.3) is 0 Å². The molecule has 1 unspecified atom stereocenters. The molecule has 0 radical (unpaired) electrons. The van der Waals surface area contributed by atoms with Crippen molar-refractivity contribution in [2.75, 3.05) is 13.2 Å². The Hall–Kier alpha value is -1.10. The summed E-state index contributed by atoms with van der Waals surface area (Å²) in [4.78, 5) is 24.5. The molecular formula is C30H59NO4. The van der Waals surface area contributed by atoms with E-state index in [2.05, 4.69) is 19.2 Å². The van der Waals surface area contributed by atoms with Crippen LogP contribution >= 0.6 is 0 Å². The van der Waals surface area contributed by atoms with Crippen LogP contribution in [0.3, 0.4) is 0 Å². The van der Waals surface area contributed by atoms with Gasteiger partial charge in [0.2, 0.25) is 5.91 Å². The molecule has 35 heavy (non-hydrogen) atoms. The van der Waals surface area contributed by atoms with Gasteiger partial charge in [0.05, 0.1) is 13.0 Å². The number of carbonyl (C=O) groups excluding carboxylic acids is 2. The first-order chi connectivity index (χ1) is 17.1. The summed E-state index contributed by atoms with van der Waals surface area (Å²) in [6, 6.07) is 0. The predicted octanol–water partition coefficient (Wildman–Crippen LogP) is 8.02. The van der Waals surface area contributed by atoms with Gasteiger partial charge in [-0.2, -0.15) is 0 Å². The number of unbranched alkanes of at least 4 members (excludes halogenated alkanes) is 18. The van der Waals surface area contributed by atoms with E-state index < -0.39 is 0 Å². The lowest BCUT2D eigenvalue weighted by atomic mass is 10.0. The molecule has 5 heteroatoms. The van der Waals surface area contributed by atoms with Crippen LogP contribution in [0.4, 0.5) is 0 Å². The van der Waals surface area contributed by atoms with Crippen molar-refractivity contribution in [3.05, 3.63) is 0 Å². The maximum absolute atomic E-state index is 12.4. The molecule has 0 saturated heterocycles. The standard InChI is InChI=1S/C30H59NO4/c1-3-5-7-9-11-13-14-16-18-20-22-24-30(34)35-28(27-29(33)31-25-26-32)23-21-19-17-15-12-10-8-6-4-2/h28,32H,3-27H2,1-2H3,(H,31,33). The summed E-state index contributed by atoms with van der Waals surface area (Å²) < 4.78 is 5.70. The topological polar surface area (TPSA) is 75.6 Å². The molecule has 208 valence electrons. The molecule has 0 rings (SSSR count). The predicted molar refractivity (Wildman–Crippen MR) is 148 cm³/mol. The third-order valence-corrected chi connectivity index (χ3v) is 6.76. The smallest absolute Gasteiger partial charge is 0.306 e. The second-order valence-electron chi connectivity index (χ2n) is 10.3. The zero-order valence-corrected chi connectivity index (χ0v) is 23.4. The minimum Gasteiger partial charge on any atom is -0.462 e. The zero-order valence-electron chi connectivity index (χ0n) is 23.4. The Balaban J connectivity index is 3.99. The Labute approximate surface area is 217 Å². The molecule has 0 bridgehead atoms. The fourth-order valence-corrected chi connectivity index (χ4v) is 4.54. The summed E-state index contributed by atoms with van der Waals surface area (Å²) in [5, 5.41) is 11.6. The van der Waals surface area contributed by atoms with E-state index in [1.54, 1.807) is 0 Å². The Morgan fingerprint density at radius 3 is 1.54 bits per heavy atom. The molecular weight excluding hydrogens is 438 g/mol. The van der Waals surface area contributed by atoms with E-state index in [0.717, 1.165) is 32.1 Å². The van der Waals surface area contributed by atoms with Crippen LogP contribution in [0.25, 0.3) is 0 Å². The average Bonchev–Trinajstić information content (AvgIpc) is 2.84. The van der Waals surface area contributed by atoms with E-state index >= 15 is 0 Å². The van der Waals surface area contributed by atoms with Crippen LogP contribution in [-0.4, -0.2) is 36.2 Å². The molecule has 1 atom stereocenters. The number of hydrogen-bond donors (Lipinski definition) is 2. The van der Waals surface area contributed by atoms with Gasteiger partial charge < -0.3 is 15.2 Å². The third kappa shape index (κ3) is 25.8. The van der Waals surface area contributed by atoms with E-state index in [1.807, 2.05) is 0 Å². The van der Waals surface area contributed by atoms with Crippen LogP contribution in [0.5, 0.6) is 0 Å². The Morgan fingerprint density at radius 1 is 0.657 bits per heavy atom. The minimum absolute atomic E-state index is 0.0761. The number of rotatable bonds is 27. The number of aliphatic hydroxyl groups is 1. The number of carbonyl (C=O) groups is 2. The van der Waals surface area contributed by atoms with E-state index in [-0.39, 0.29) is 37.6 Å². The lowest BCUT2D eigenvalue weighted by molar-refractivity contribution is -0.151. The number of hydrogen-bond acceptors (Lipinski definition) is 4. The van der Waals surface area contributed by atoms with Gasteiger partial charge in [-0.3, -0.25) is 9.59 Å². The van der Waals surface area contributed by atoms with Crippen molar-refractivity contribution in [2.45, 2.75) is 168 Å². The molecule has 0 fully saturated rings. The summed E-state index contributed by atoms with van der Waals surface area (Å²) in [5.41, 5.74) is 0. The summed E-state index contributed by atoms with van der Waals surface area (Å²) in [5.74, 6) is -0.320. The van der Waals surface area contributed by atoms with E-state index in [9.17, 15) is 9.59 Å². The summed E-state index contributed by atoms with van der Waals surface area (Å²) in [6.45, 7) is 4.67. The monoisotopic (exact) mass is 497 g/mol. The number of ether oxygens (including phenoxy) is 1. The molecule has 0 aliphatic heterocycles. The van der Waals surface area contributed by atoms with Crippen molar-refractivity contribution in [3.8, 4) is 0 Å². The third-order valence-electron chi connectivity index (χ3n) is 6.76. The van der Waals surface area contributed by atoms with Gasteiger partial charge in [-0.15, -0.1) is 0 Å². The van der Waals surface area contributed by atoms with Crippen molar-refractivity contribution in [2.24, 2.45) is 0 Å². The zero-order chi connectivity index (χ0) is 25.8. The number of amides is 1.